The highest BCUT2D eigenvalue weighted by molar-refractivity contribution is 5.88. The lowest BCUT2D eigenvalue weighted by Gasteiger charge is -2.26. The summed E-state index contributed by atoms with van der Waals surface area (Å²) in [6.07, 6.45) is 4.23. The van der Waals surface area contributed by atoms with E-state index in [2.05, 4.69) is 10.3 Å². The molecule has 24 heavy (non-hydrogen) atoms. The van der Waals surface area contributed by atoms with Gasteiger partial charge in [0.2, 0.25) is 5.91 Å². The quantitative estimate of drug-likeness (QED) is 0.899. The molecule has 7 nitrogen and oxygen atoms in total. The van der Waals surface area contributed by atoms with Crippen LogP contribution in [-0.4, -0.2) is 52.4 Å². The Morgan fingerprint density at radius 3 is 2.88 bits per heavy atom. The third kappa shape index (κ3) is 3.65. The lowest BCUT2D eigenvalue weighted by atomic mass is 10.1. The van der Waals surface area contributed by atoms with Crippen molar-refractivity contribution in [2.75, 3.05) is 25.0 Å². The number of nitriles is 1. The van der Waals surface area contributed by atoms with Gasteiger partial charge in [-0.25, -0.2) is 9.78 Å². The lowest BCUT2D eigenvalue weighted by molar-refractivity contribution is -0.129. The number of hydrogen-bond acceptors (Lipinski definition) is 4. The maximum absolute atomic E-state index is 12.4. The molecule has 1 aromatic heterocycles. The summed E-state index contributed by atoms with van der Waals surface area (Å²) in [5.74, 6) is 0.630. The average Bonchev–Trinajstić information content (AvgIpc) is 2.87. The number of rotatable bonds is 2. The second kappa shape index (κ2) is 7.30. The van der Waals surface area contributed by atoms with E-state index in [9.17, 15) is 9.59 Å². The van der Waals surface area contributed by atoms with E-state index in [0.717, 1.165) is 32.2 Å². The van der Waals surface area contributed by atoms with E-state index >= 15 is 0 Å². The molecule has 0 radical (unpaired) electrons. The van der Waals surface area contributed by atoms with Gasteiger partial charge < -0.3 is 9.80 Å². The van der Waals surface area contributed by atoms with Gasteiger partial charge in [0.25, 0.3) is 0 Å². The minimum absolute atomic E-state index is 0.203. The van der Waals surface area contributed by atoms with Crippen LogP contribution >= 0.6 is 0 Å². The minimum Gasteiger partial charge on any atom is -0.340 e. The molecular weight excluding hydrogens is 306 g/mol. The first-order valence-electron chi connectivity index (χ1n) is 8.40. The number of likely N-dealkylation sites (tertiary alicyclic amines) is 2. The number of nitrogens with one attached hydrogen (secondary N) is 1. The van der Waals surface area contributed by atoms with E-state index in [0.29, 0.717) is 25.3 Å². The minimum atomic E-state index is -0.203. The molecule has 3 amide bonds. The van der Waals surface area contributed by atoms with E-state index < -0.39 is 0 Å². The number of nitrogens with zero attached hydrogens (tertiary/aromatic N) is 4. The van der Waals surface area contributed by atoms with Gasteiger partial charge in [-0.15, -0.1) is 0 Å². The van der Waals surface area contributed by atoms with Crippen LogP contribution in [0.2, 0.25) is 0 Å². The summed E-state index contributed by atoms with van der Waals surface area (Å²) in [7, 11) is 0. The Balaban J connectivity index is 1.58. The Morgan fingerprint density at radius 2 is 2.12 bits per heavy atom. The Kier molecular flexibility index (Phi) is 4.94. The molecule has 126 valence electrons. The molecule has 2 aliphatic rings. The Bertz CT molecular complexity index is 669. The van der Waals surface area contributed by atoms with Crippen molar-refractivity contribution < 1.29 is 9.59 Å². The van der Waals surface area contributed by atoms with Crippen molar-refractivity contribution in [3.05, 3.63) is 23.9 Å². The van der Waals surface area contributed by atoms with Crippen molar-refractivity contribution in [3.8, 4) is 6.07 Å². The number of carbonyl (C=O) groups is 2. The van der Waals surface area contributed by atoms with E-state index in [1.54, 1.807) is 23.1 Å². The highest BCUT2D eigenvalue weighted by Gasteiger charge is 2.30. The second-order valence-corrected chi connectivity index (χ2v) is 6.21. The summed E-state index contributed by atoms with van der Waals surface area (Å²) in [5.41, 5.74) is 0.274. The molecule has 0 aromatic carbocycles. The number of pyridine rings is 1. The zero-order valence-corrected chi connectivity index (χ0v) is 13.6. The maximum Gasteiger partial charge on any atom is 0.323 e. The van der Waals surface area contributed by atoms with Crippen LogP contribution in [0.5, 0.6) is 0 Å². The van der Waals surface area contributed by atoms with Gasteiger partial charge in [-0.3, -0.25) is 10.1 Å². The monoisotopic (exact) mass is 327 g/mol. The summed E-state index contributed by atoms with van der Waals surface area (Å²) in [5, 5.41) is 11.6. The third-order valence-corrected chi connectivity index (χ3v) is 4.63. The Hall–Kier alpha value is -2.62. The van der Waals surface area contributed by atoms with Crippen molar-refractivity contribution in [2.24, 2.45) is 0 Å². The molecule has 3 heterocycles. The van der Waals surface area contributed by atoms with Crippen LogP contribution < -0.4 is 5.32 Å². The van der Waals surface area contributed by atoms with Gasteiger partial charge in [0, 0.05) is 32.1 Å². The molecule has 2 fully saturated rings. The van der Waals surface area contributed by atoms with Crippen LogP contribution in [0.15, 0.2) is 18.2 Å². The van der Waals surface area contributed by atoms with Crippen LogP contribution in [0.3, 0.4) is 0 Å². The van der Waals surface area contributed by atoms with Crippen LogP contribution in [0, 0.1) is 11.3 Å². The fourth-order valence-electron chi connectivity index (χ4n) is 3.40. The fourth-order valence-corrected chi connectivity index (χ4v) is 3.40. The highest BCUT2D eigenvalue weighted by atomic mass is 16.2. The van der Waals surface area contributed by atoms with Gasteiger partial charge in [-0.2, -0.15) is 5.26 Å². The maximum atomic E-state index is 12.4. The van der Waals surface area contributed by atoms with Crippen molar-refractivity contribution in [1.29, 1.82) is 5.26 Å². The largest absolute Gasteiger partial charge is 0.340 e. The average molecular weight is 327 g/mol. The molecule has 0 aliphatic carbocycles. The van der Waals surface area contributed by atoms with Gasteiger partial charge in [-0.05, 0) is 37.8 Å². The zero-order chi connectivity index (χ0) is 16.9. The summed E-state index contributed by atoms with van der Waals surface area (Å²) in [6, 6.07) is 6.96. The van der Waals surface area contributed by atoms with Crippen molar-refractivity contribution in [3.63, 3.8) is 0 Å². The molecular formula is C17H21N5O2. The summed E-state index contributed by atoms with van der Waals surface area (Å²) in [4.78, 5) is 32.1. The summed E-state index contributed by atoms with van der Waals surface area (Å²) in [6.45, 7) is 2.14. The van der Waals surface area contributed by atoms with Gasteiger partial charge in [0.05, 0.1) is 0 Å². The van der Waals surface area contributed by atoms with Crippen molar-refractivity contribution in [1.82, 2.24) is 14.8 Å². The second-order valence-electron chi connectivity index (χ2n) is 6.21. The molecule has 1 N–H and O–H groups in total. The SMILES string of the molecule is N#Cc1cccc(NC(=O)N2CCCC(N3CCCC3=O)CC2)n1. The smallest absolute Gasteiger partial charge is 0.323 e. The lowest BCUT2D eigenvalue weighted by Crippen LogP contribution is -2.39. The predicted octanol–water partition coefficient (Wildman–Crippen LogP) is 1.96. The standard InChI is InChI=1S/C17H21N5O2/c18-12-13-4-1-6-15(19-13)20-17(24)21-9-2-5-14(8-11-21)22-10-3-7-16(22)23/h1,4,6,14H,2-3,5,7-11H2,(H,19,20,24). The fraction of sp³-hybridized carbons (Fsp3) is 0.529. The molecule has 0 saturated carbocycles. The first-order chi connectivity index (χ1) is 11.7. The van der Waals surface area contributed by atoms with Gasteiger partial charge in [0.15, 0.2) is 0 Å². The van der Waals surface area contributed by atoms with E-state index in [4.69, 9.17) is 5.26 Å². The molecule has 3 rings (SSSR count). The topological polar surface area (TPSA) is 89.3 Å². The van der Waals surface area contributed by atoms with E-state index in [-0.39, 0.29) is 23.7 Å². The van der Waals surface area contributed by atoms with Crippen LogP contribution in [0.4, 0.5) is 10.6 Å². The van der Waals surface area contributed by atoms with E-state index in [1.165, 1.54) is 0 Å². The van der Waals surface area contributed by atoms with Gasteiger partial charge in [-0.1, -0.05) is 6.07 Å². The molecule has 2 aliphatic heterocycles. The van der Waals surface area contributed by atoms with Crippen LogP contribution in [0.25, 0.3) is 0 Å². The predicted molar refractivity (Wildman–Crippen MR) is 88.1 cm³/mol. The number of hydrogen-bond donors (Lipinski definition) is 1. The zero-order valence-electron chi connectivity index (χ0n) is 13.6. The molecule has 1 unspecified atom stereocenters. The summed E-state index contributed by atoms with van der Waals surface area (Å²) < 4.78 is 0. The molecule has 2 saturated heterocycles. The van der Waals surface area contributed by atoms with Gasteiger partial charge in [0.1, 0.15) is 17.6 Å². The molecule has 7 heteroatoms. The Labute approximate surface area is 141 Å². The molecule has 0 bridgehead atoms. The van der Waals surface area contributed by atoms with Gasteiger partial charge >= 0.3 is 6.03 Å². The number of anilines is 1. The Morgan fingerprint density at radius 1 is 1.25 bits per heavy atom. The first-order valence-corrected chi connectivity index (χ1v) is 8.40. The number of urea groups is 1. The molecule has 1 atom stereocenters. The molecule has 0 spiro atoms. The highest BCUT2D eigenvalue weighted by Crippen LogP contribution is 2.22. The van der Waals surface area contributed by atoms with Crippen LogP contribution in [-0.2, 0) is 4.79 Å². The number of aromatic nitrogens is 1. The van der Waals surface area contributed by atoms with Crippen molar-refractivity contribution >= 4 is 17.8 Å². The third-order valence-electron chi connectivity index (χ3n) is 4.63. The first kappa shape index (κ1) is 16.2. The van der Waals surface area contributed by atoms with Crippen LogP contribution in [0.1, 0.15) is 37.8 Å². The number of amides is 3. The molecule has 1 aromatic rings. The van der Waals surface area contributed by atoms with Crippen molar-refractivity contribution in [2.45, 2.75) is 38.1 Å². The number of carbonyl (C=O) groups excluding carboxylic acids is 2. The normalized spacial score (nSPS) is 21.3. The van der Waals surface area contributed by atoms with E-state index in [1.807, 2.05) is 11.0 Å². The summed E-state index contributed by atoms with van der Waals surface area (Å²) >= 11 is 0.